The van der Waals surface area contributed by atoms with Gasteiger partial charge < -0.3 is 25.2 Å². The first kappa shape index (κ1) is 44.4. The second kappa shape index (κ2) is 20.8. The molecule has 11 heteroatoms. The fourth-order valence-corrected chi connectivity index (χ4v) is 8.03. The highest BCUT2D eigenvalue weighted by Crippen LogP contribution is 2.43. The van der Waals surface area contributed by atoms with Crippen LogP contribution in [0.5, 0.6) is 0 Å². The van der Waals surface area contributed by atoms with E-state index in [-0.39, 0.29) is 5.91 Å². The summed E-state index contributed by atoms with van der Waals surface area (Å²) in [6, 6.07) is 18.4. The lowest BCUT2D eigenvalue weighted by atomic mass is 9.73. The summed E-state index contributed by atoms with van der Waals surface area (Å²) in [6.07, 6.45) is 9.68. The van der Waals surface area contributed by atoms with E-state index in [9.17, 15) is 14.0 Å². The van der Waals surface area contributed by atoms with Crippen LogP contribution in [-0.2, 0) is 4.74 Å². The number of carbonyl (C=O) groups is 2. The molecule has 312 valence electrons. The van der Waals surface area contributed by atoms with Gasteiger partial charge in [0, 0.05) is 75.4 Å². The largest absolute Gasteiger partial charge is 0.388 e. The minimum absolute atomic E-state index is 0.164. The van der Waals surface area contributed by atoms with Crippen molar-refractivity contribution in [1.82, 2.24) is 9.97 Å². The number of nitrogens with zero attached hydrogens (tertiary/aromatic N) is 5. The van der Waals surface area contributed by atoms with E-state index in [2.05, 4.69) is 63.2 Å². The van der Waals surface area contributed by atoms with Gasteiger partial charge in [-0.15, -0.1) is 0 Å². The van der Waals surface area contributed by atoms with Crippen LogP contribution in [0, 0.1) is 11.2 Å². The Morgan fingerprint density at radius 3 is 2.42 bits per heavy atom. The van der Waals surface area contributed by atoms with Crippen molar-refractivity contribution in [2.24, 2.45) is 10.4 Å². The molecule has 2 saturated heterocycles. The maximum atomic E-state index is 14.4. The van der Waals surface area contributed by atoms with Gasteiger partial charge in [0.25, 0.3) is 5.91 Å². The summed E-state index contributed by atoms with van der Waals surface area (Å²) in [7, 11) is 1.83. The number of aldehydes is 1. The van der Waals surface area contributed by atoms with Crippen molar-refractivity contribution in [1.29, 1.82) is 0 Å². The van der Waals surface area contributed by atoms with Crippen molar-refractivity contribution in [3.63, 3.8) is 0 Å². The number of nitrogens with one attached hydrogen (secondary N) is 2. The highest BCUT2D eigenvalue weighted by atomic mass is 19.1. The fraction of sp³-hybridized carbons (Fsp3) is 0.396. The number of rotatable bonds is 9. The maximum absolute atomic E-state index is 14.4. The lowest BCUT2D eigenvalue weighted by Gasteiger charge is -2.52. The van der Waals surface area contributed by atoms with Gasteiger partial charge in [-0.3, -0.25) is 19.6 Å². The molecule has 0 unspecified atom stereocenters. The molecular weight excluding hydrogens is 742 g/mol. The minimum Gasteiger partial charge on any atom is -0.388 e. The molecule has 4 aromatic rings. The number of para-hydroxylation sites is 1. The van der Waals surface area contributed by atoms with Crippen molar-refractivity contribution in [3.05, 3.63) is 118 Å². The Bertz CT molecular complexity index is 2130. The van der Waals surface area contributed by atoms with E-state index in [0.29, 0.717) is 59.8 Å². The Labute approximate surface area is 349 Å². The van der Waals surface area contributed by atoms with Crippen molar-refractivity contribution >= 4 is 53.1 Å². The summed E-state index contributed by atoms with van der Waals surface area (Å²) in [4.78, 5) is 41.3. The van der Waals surface area contributed by atoms with Gasteiger partial charge in [-0.05, 0) is 103 Å². The molecule has 0 bridgehead atoms. The molecule has 0 saturated carbocycles. The zero-order chi connectivity index (χ0) is 42.5. The van der Waals surface area contributed by atoms with Crippen LogP contribution in [-0.4, -0.2) is 75.3 Å². The van der Waals surface area contributed by atoms with Gasteiger partial charge in [-0.25, -0.2) is 9.37 Å². The van der Waals surface area contributed by atoms with E-state index in [4.69, 9.17) is 4.74 Å². The standard InChI is InChI=1S/C31H32FN5O.C13H16N2O2.2C2H6/c1-19(2)25-6-5-7-27(34-4)29(25)35-17-20-14-22-12-13-37(31(38)21-8-10-24(33-3)11-9-21)28-16-23(32)18-36-30(28)26(22)15-20;16-8-11-2-1-5-14-12(11)15-9-13(10-15)3-6-17-7-4-13;2*1-2/h5-11,14,16,18-19,33,35H,4,12-13,15,17H2,1-3H3;1-2,5,8H,3-4,6-7,9-10H2;2*1-2H3. The van der Waals surface area contributed by atoms with Crippen LogP contribution in [0.2, 0.25) is 0 Å². The van der Waals surface area contributed by atoms with Crippen LogP contribution >= 0.6 is 0 Å². The highest BCUT2D eigenvalue weighted by Gasteiger charge is 2.44. The molecule has 2 N–H and O–H groups in total. The van der Waals surface area contributed by atoms with Crippen molar-refractivity contribution in [2.45, 2.75) is 73.1 Å². The van der Waals surface area contributed by atoms with Crippen LogP contribution in [0.15, 0.2) is 95.3 Å². The summed E-state index contributed by atoms with van der Waals surface area (Å²) in [6.45, 7) is 20.9. The SMILES string of the molecule is C=Nc1cccc(C(C)C)c1NCC1=CC2=C(C1)c1ncc(F)cc1N(C(=O)c1ccc(NC)cc1)CC2.CC.CC.O=Cc1cccnc1N1CC2(CCOCC2)C1. The number of halogens is 1. The molecule has 5 heterocycles. The Balaban J connectivity index is 0.000000261. The number of aromatic nitrogens is 2. The minimum atomic E-state index is -0.460. The summed E-state index contributed by atoms with van der Waals surface area (Å²) in [5.41, 5.74) is 10.2. The maximum Gasteiger partial charge on any atom is 0.258 e. The van der Waals surface area contributed by atoms with Gasteiger partial charge in [0.2, 0.25) is 0 Å². The molecule has 0 atom stereocenters. The highest BCUT2D eigenvalue weighted by molar-refractivity contribution is 6.08. The second-order valence-electron chi connectivity index (χ2n) is 14.9. The predicted octanol–water partition coefficient (Wildman–Crippen LogP) is 10.5. The van der Waals surface area contributed by atoms with Crippen molar-refractivity contribution in [2.75, 3.05) is 66.9 Å². The van der Waals surface area contributed by atoms with Crippen LogP contribution in [0.25, 0.3) is 5.57 Å². The summed E-state index contributed by atoms with van der Waals surface area (Å²) >= 11 is 0. The van der Waals surface area contributed by atoms with E-state index in [1.54, 1.807) is 29.3 Å². The van der Waals surface area contributed by atoms with Crippen molar-refractivity contribution < 1.29 is 18.7 Å². The predicted molar refractivity (Wildman–Crippen MR) is 241 cm³/mol. The van der Waals surface area contributed by atoms with Crippen molar-refractivity contribution in [3.8, 4) is 0 Å². The normalized spacial score (nSPS) is 16.0. The lowest BCUT2D eigenvalue weighted by Crippen LogP contribution is -2.59. The number of carbonyl (C=O) groups excluding carboxylic acids is 2. The molecule has 3 aliphatic heterocycles. The quantitative estimate of drug-likeness (QED) is 0.127. The Kier molecular flexibility index (Phi) is 15.7. The molecule has 1 amide bonds. The number of anilines is 4. The number of benzene rings is 2. The molecule has 1 aliphatic carbocycles. The van der Waals surface area contributed by atoms with E-state index >= 15 is 0 Å². The number of ether oxygens (including phenoxy) is 1. The van der Waals surface area contributed by atoms with Crippen LogP contribution < -0.4 is 20.4 Å². The van der Waals surface area contributed by atoms with Gasteiger partial charge in [0.15, 0.2) is 6.29 Å². The molecule has 2 fully saturated rings. The molecule has 2 aromatic heterocycles. The Morgan fingerprint density at radius 2 is 1.76 bits per heavy atom. The third kappa shape index (κ3) is 10.1. The van der Waals surface area contributed by atoms with E-state index in [0.717, 1.165) is 79.5 Å². The zero-order valence-electron chi connectivity index (χ0n) is 35.8. The fourth-order valence-electron chi connectivity index (χ4n) is 8.03. The molecular formula is C48H60FN7O3. The zero-order valence-corrected chi connectivity index (χ0v) is 35.8. The molecule has 4 aliphatic rings. The summed E-state index contributed by atoms with van der Waals surface area (Å²) < 4.78 is 19.8. The number of pyridine rings is 2. The Hall–Kier alpha value is -5.68. The number of aliphatic imine (C=N–C) groups is 1. The average molecular weight is 802 g/mol. The van der Waals surface area contributed by atoms with Gasteiger partial charge in [-0.2, -0.15) is 0 Å². The second-order valence-corrected chi connectivity index (χ2v) is 14.9. The summed E-state index contributed by atoms with van der Waals surface area (Å²) in [5.74, 6) is 0.553. The van der Waals surface area contributed by atoms with Crippen LogP contribution in [0.4, 0.5) is 33.0 Å². The third-order valence-electron chi connectivity index (χ3n) is 11.1. The number of allylic oxidation sites excluding steroid dienone is 2. The van der Waals surface area contributed by atoms with E-state index in [1.807, 2.05) is 65.1 Å². The topological polar surface area (TPSA) is 112 Å². The summed E-state index contributed by atoms with van der Waals surface area (Å²) in [5, 5.41) is 6.65. The first-order valence-corrected chi connectivity index (χ1v) is 21.0. The van der Waals surface area contributed by atoms with E-state index < -0.39 is 5.82 Å². The van der Waals surface area contributed by atoms with Gasteiger partial charge in [0.1, 0.15) is 11.6 Å². The smallest absolute Gasteiger partial charge is 0.258 e. The molecule has 59 heavy (non-hydrogen) atoms. The molecule has 2 aromatic carbocycles. The first-order chi connectivity index (χ1) is 28.7. The molecule has 0 radical (unpaired) electrons. The van der Waals surface area contributed by atoms with Crippen LogP contribution in [0.3, 0.4) is 0 Å². The first-order valence-electron chi connectivity index (χ1n) is 21.0. The number of hydrogen-bond donors (Lipinski definition) is 2. The number of fused-ring (bicyclic) bond motifs is 2. The van der Waals surface area contributed by atoms with Gasteiger partial charge in [0.05, 0.1) is 34.5 Å². The van der Waals surface area contributed by atoms with Crippen LogP contribution in [0.1, 0.15) is 105 Å². The van der Waals surface area contributed by atoms with Gasteiger partial charge in [-0.1, -0.05) is 59.8 Å². The molecule has 1 spiro atoms. The number of amides is 1. The number of hydrogen-bond acceptors (Lipinski definition) is 9. The Morgan fingerprint density at radius 1 is 1.03 bits per heavy atom. The lowest BCUT2D eigenvalue weighted by molar-refractivity contribution is -0.000496. The van der Waals surface area contributed by atoms with Gasteiger partial charge >= 0.3 is 0 Å². The molecule has 8 rings (SSSR count). The monoisotopic (exact) mass is 801 g/mol. The van der Waals surface area contributed by atoms with E-state index in [1.165, 1.54) is 23.4 Å². The average Bonchev–Trinajstić information content (AvgIpc) is 3.62. The molecule has 10 nitrogen and oxygen atoms in total. The third-order valence-corrected chi connectivity index (χ3v) is 11.1.